The van der Waals surface area contributed by atoms with Crippen molar-refractivity contribution in [3.8, 4) is 0 Å². The summed E-state index contributed by atoms with van der Waals surface area (Å²) in [6.45, 7) is 11.4. The van der Waals surface area contributed by atoms with E-state index in [9.17, 15) is 9.90 Å². The van der Waals surface area contributed by atoms with Crippen LogP contribution in [0.5, 0.6) is 0 Å². The lowest BCUT2D eigenvalue weighted by Gasteiger charge is -2.39. The van der Waals surface area contributed by atoms with Crippen LogP contribution >= 0.6 is 23.5 Å². The van der Waals surface area contributed by atoms with Crippen molar-refractivity contribution < 1.29 is 9.90 Å². The summed E-state index contributed by atoms with van der Waals surface area (Å²) in [5.41, 5.74) is 4.51. The molecule has 3 aliphatic rings. The molecule has 0 heterocycles. The van der Waals surface area contributed by atoms with Gasteiger partial charge in [-0.2, -0.15) is 0 Å². The van der Waals surface area contributed by atoms with Crippen LogP contribution in [-0.4, -0.2) is 26.7 Å². The fourth-order valence-corrected chi connectivity index (χ4v) is 7.30. The standard InChI is InChI=1S/C22H34O2S2/c1-13(2)15-7-9-21(4)12-18-16(14(3)19(23)11-17(15)21)8-10-22(18,5)26-20(24)25-6/h12-14,16,19,23H,7-11H2,1-6H3/b18-12+/t14-,16+,19-,21-,22-/m1/s1. The molecular weight excluding hydrogens is 360 g/mol. The fourth-order valence-electron chi connectivity index (χ4n) is 5.49. The number of hydrogen-bond donors (Lipinski definition) is 1. The maximum Gasteiger partial charge on any atom is 0.246 e. The molecule has 0 aliphatic heterocycles. The van der Waals surface area contributed by atoms with E-state index < -0.39 is 0 Å². The summed E-state index contributed by atoms with van der Waals surface area (Å²) >= 11 is 2.83. The van der Waals surface area contributed by atoms with Crippen molar-refractivity contribution in [1.82, 2.24) is 0 Å². The maximum absolute atomic E-state index is 12.2. The Kier molecular flexibility index (Phi) is 5.79. The maximum atomic E-state index is 12.2. The molecule has 0 radical (unpaired) electrons. The SMILES string of the molecule is CSC(=O)S[C@]1(C)CC[C@@H]2/C1=C\[C@@]1(C)CCC(C(C)C)=C1C[C@@H](O)[C@@H]2C. The summed E-state index contributed by atoms with van der Waals surface area (Å²) in [5.74, 6) is 1.20. The average Bonchev–Trinajstić information content (AvgIpc) is 3.04. The number of hydrogen-bond acceptors (Lipinski definition) is 4. The Hall–Kier alpha value is -0.190. The molecule has 5 atom stereocenters. The monoisotopic (exact) mass is 394 g/mol. The molecule has 3 aliphatic carbocycles. The molecule has 0 unspecified atom stereocenters. The van der Waals surface area contributed by atoms with Gasteiger partial charge in [-0.3, -0.25) is 4.79 Å². The molecule has 0 aromatic heterocycles. The number of allylic oxidation sites excluding steroid dienone is 2. The van der Waals surface area contributed by atoms with Crippen molar-refractivity contribution in [3.63, 3.8) is 0 Å². The zero-order chi connectivity index (χ0) is 19.3. The molecule has 146 valence electrons. The van der Waals surface area contributed by atoms with E-state index in [1.807, 2.05) is 6.26 Å². The summed E-state index contributed by atoms with van der Waals surface area (Å²) in [6, 6.07) is 0. The van der Waals surface area contributed by atoms with Crippen LogP contribution in [0.15, 0.2) is 22.8 Å². The number of carbonyl (C=O) groups excluding carboxylic acids is 1. The molecule has 2 nitrogen and oxygen atoms in total. The number of fused-ring (bicyclic) bond motifs is 2. The van der Waals surface area contributed by atoms with Crippen molar-refractivity contribution in [2.75, 3.05) is 6.26 Å². The van der Waals surface area contributed by atoms with Gasteiger partial charge in [-0.1, -0.05) is 74.0 Å². The summed E-state index contributed by atoms with van der Waals surface area (Å²) in [4.78, 5) is 12.2. The van der Waals surface area contributed by atoms with Crippen LogP contribution in [0.2, 0.25) is 0 Å². The van der Waals surface area contributed by atoms with Gasteiger partial charge in [0.2, 0.25) is 4.45 Å². The molecule has 0 spiro atoms. The molecule has 1 N–H and O–H groups in total. The lowest BCUT2D eigenvalue weighted by molar-refractivity contribution is 0.0862. The number of rotatable bonds is 2. The van der Waals surface area contributed by atoms with Crippen LogP contribution in [0, 0.1) is 23.2 Å². The highest BCUT2D eigenvalue weighted by Crippen LogP contribution is 2.58. The van der Waals surface area contributed by atoms with Gasteiger partial charge < -0.3 is 5.11 Å². The zero-order valence-corrected chi connectivity index (χ0v) is 18.7. The molecule has 3 rings (SSSR count). The van der Waals surface area contributed by atoms with Crippen molar-refractivity contribution in [3.05, 3.63) is 22.8 Å². The molecule has 1 fully saturated rings. The molecule has 0 saturated heterocycles. The summed E-state index contributed by atoms with van der Waals surface area (Å²) < 4.78 is 0.0876. The molecule has 0 aromatic rings. The van der Waals surface area contributed by atoms with Gasteiger partial charge in [0.25, 0.3) is 0 Å². The third kappa shape index (κ3) is 3.46. The third-order valence-electron chi connectivity index (χ3n) is 7.23. The summed E-state index contributed by atoms with van der Waals surface area (Å²) in [5, 5.41) is 11.0. The van der Waals surface area contributed by atoms with Crippen molar-refractivity contribution >= 4 is 28.0 Å². The molecule has 26 heavy (non-hydrogen) atoms. The highest BCUT2D eigenvalue weighted by atomic mass is 32.2. The highest BCUT2D eigenvalue weighted by Gasteiger charge is 2.49. The first-order valence-corrected chi connectivity index (χ1v) is 12.1. The second-order valence-electron chi connectivity index (χ2n) is 9.24. The molecule has 0 aromatic carbocycles. The van der Waals surface area contributed by atoms with Crippen LogP contribution in [0.1, 0.15) is 66.7 Å². The van der Waals surface area contributed by atoms with Gasteiger partial charge in [0.05, 0.1) is 6.10 Å². The quantitative estimate of drug-likeness (QED) is 0.546. The first kappa shape index (κ1) is 20.5. The van der Waals surface area contributed by atoms with E-state index >= 15 is 0 Å². The van der Waals surface area contributed by atoms with Gasteiger partial charge in [-0.25, -0.2) is 0 Å². The lowest BCUT2D eigenvalue weighted by Crippen LogP contribution is -2.34. The number of thioether (sulfide) groups is 2. The van der Waals surface area contributed by atoms with Crippen LogP contribution in [0.3, 0.4) is 0 Å². The van der Waals surface area contributed by atoms with Crippen molar-refractivity contribution in [1.29, 1.82) is 0 Å². The molecule has 0 amide bonds. The minimum Gasteiger partial charge on any atom is -0.392 e. The normalized spacial score (nSPS) is 42.2. The smallest absolute Gasteiger partial charge is 0.246 e. The fraction of sp³-hybridized carbons (Fsp3) is 0.773. The van der Waals surface area contributed by atoms with E-state index in [2.05, 4.69) is 40.7 Å². The molecular formula is C22H34O2S2. The van der Waals surface area contributed by atoms with E-state index in [0.29, 0.717) is 11.8 Å². The molecule has 0 bridgehead atoms. The highest BCUT2D eigenvalue weighted by molar-refractivity contribution is 8.38. The summed E-state index contributed by atoms with van der Waals surface area (Å²) in [6.07, 6.45) is 9.35. The van der Waals surface area contributed by atoms with Gasteiger partial charge in [-0.15, -0.1) is 0 Å². The molecule has 1 saturated carbocycles. The number of carbonyl (C=O) groups is 1. The topological polar surface area (TPSA) is 37.3 Å². The second kappa shape index (κ2) is 7.33. The van der Waals surface area contributed by atoms with Crippen LogP contribution in [0.25, 0.3) is 0 Å². The van der Waals surface area contributed by atoms with E-state index in [-0.39, 0.29) is 26.6 Å². The second-order valence-corrected chi connectivity index (χ2v) is 11.8. The first-order valence-electron chi connectivity index (χ1n) is 10.0. The van der Waals surface area contributed by atoms with Gasteiger partial charge in [-0.05, 0) is 63.0 Å². The Balaban J connectivity index is 2.10. The largest absolute Gasteiger partial charge is 0.392 e. The van der Waals surface area contributed by atoms with Crippen LogP contribution < -0.4 is 0 Å². The number of aliphatic hydroxyl groups excluding tert-OH is 1. The van der Waals surface area contributed by atoms with Gasteiger partial charge in [0.1, 0.15) is 0 Å². The van der Waals surface area contributed by atoms with Crippen LogP contribution in [-0.2, 0) is 0 Å². The predicted octanol–water partition coefficient (Wildman–Crippen LogP) is 6.45. The van der Waals surface area contributed by atoms with E-state index in [1.165, 1.54) is 34.7 Å². The molecule has 4 heteroatoms. The Morgan fingerprint density at radius 3 is 2.62 bits per heavy atom. The average molecular weight is 395 g/mol. The van der Waals surface area contributed by atoms with Gasteiger partial charge in [0, 0.05) is 10.2 Å². The minimum absolute atomic E-state index is 0.0445. The van der Waals surface area contributed by atoms with Crippen molar-refractivity contribution in [2.45, 2.75) is 77.6 Å². The van der Waals surface area contributed by atoms with Gasteiger partial charge in [0.15, 0.2) is 0 Å². The first-order chi connectivity index (χ1) is 12.1. The summed E-state index contributed by atoms with van der Waals surface area (Å²) in [7, 11) is 0. The van der Waals surface area contributed by atoms with Gasteiger partial charge >= 0.3 is 0 Å². The van der Waals surface area contributed by atoms with E-state index in [4.69, 9.17) is 0 Å². The lowest BCUT2D eigenvalue weighted by atomic mass is 9.70. The zero-order valence-electron chi connectivity index (χ0n) is 17.1. The van der Waals surface area contributed by atoms with E-state index in [0.717, 1.165) is 32.1 Å². The Morgan fingerprint density at radius 2 is 2.00 bits per heavy atom. The number of aliphatic hydroxyl groups is 1. The van der Waals surface area contributed by atoms with Crippen LogP contribution in [0.4, 0.5) is 4.79 Å². The van der Waals surface area contributed by atoms with E-state index in [1.54, 1.807) is 5.57 Å². The Labute approximate surface area is 167 Å². The third-order valence-corrected chi connectivity index (χ3v) is 9.37. The Morgan fingerprint density at radius 1 is 1.31 bits per heavy atom. The predicted molar refractivity (Wildman–Crippen MR) is 115 cm³/mol. The minimum atomic E-state index is -0.284. The Bertz CT molecular complexity index is 651. The van der Waals surface area contributed by atoms with Crippen molar-refractivity contribution in [2.24, 2.45) is 23.2 Å².